The zero-order chi connectivity index (χ0) is 26.4. The van der Waals surface area contributed by atoms with Crippen molar-refractivity contribution in [2.75, 3.05) is 56.2 Å². The average molecular weight is 528 g/mol. The highest BCUT2D eigenvalue weighted by molar-refractivity contribution is 5.82. The van der Waals surface area contributed by atoms with Gasteiger partial charge in [-0.25, -0.2) is 9.97 Å². The maximum absolute atomic E-state index is 13.2. The van der Waals surface area contributed by atoms with Crippen molar-refractivity contribution in [2.45, 2.75) is 38.4 Å². The van der Waals surface area contributed by atoms with E-state index in [2.05, 4.69) is 73.2 Å². The Hall–Kier alpha value is -3.53. The molecule has 204 valence electrons. The summed E-state index contributed by atoms with van der Waals surface area (Å²) >= 11 is 0. The Labute approximate surface area is 230 Å². The largest absolute Gasteiger partial charge is 0.378 e. The average Bonchev–Trinajstić information content (AvgIpc) is 3.44. The molecule has 1 aromatic heterocycles. The molecule has 3 N–H and O–H groups in total. The van der Waals surface area contributed by atoms with E-state index in [4.69, 9.17) is 9.72 Å². The third-order valence-electron chi connectivity index (χ3n) is 7.79. The molecule has 4 aliphatic rings. The van der Waals surface area contributed by atoms with Crippen LogP contribution < -0.4 is 20.9 Å². The van der Waals surface area contributed by atoms with Crippen LogP contribution in [0.4, 0.5) is 17.3 Å². The van der Waals surface area contributed by atoms with Crippen molar-refractivity contribution in [1.29, 1.82) is 0 Å². The van der Waals surface area contributed by atoms with Gasteiger partial charge in [-0.05, 0) is 67.7 Å². The van der Waals surface area contributed by atoms with Gasteiger partial charge in [-0.2, -0.15) is 0 Å². The van der Waals surface area contributed by atoms with Crippen molar-refractivity contribution in [3.05, 3.63) is 65.9 Å². The number of aromatic nitrogens is 2. The maximum Gasteiger partial charge on any atom is 0.237 e. The minimum Gasteiger partial charge on any atom is -0.378 e. The fraction of sp³-hybridized carbons (Fsp3) is 0.433. The van der Waals surface area contributed by atoms with Crippen molar-refractivity contribution in [3.8, 4) is 11.3 Å². The second kappa shape index (κ2) is 12.1. The first-order valence-electron chi connectivity index (χ1n) is 14.1. The molecule has 0 spiro atoms. The summed E-state index contributed by atoms with van der Waals surface area (Å²) in [4.78, 5) is 27.2. The lowest BCUT2D eigenvalue weighted by Gasteiger charge is -2.32. The number of rotatable bonds is 1. The van der Waals surface area contributed by atoms with Crippen molar-refractivity contribution in [1.82, 2.24) is 25.5 Å². The molecule has 2 aromatic carbocycles. The van der Waals surface area contributed by atoms with E-state index < -0.39 is 0 Å². The smallest absolute Gasteiger partial charge is 0.237 e. The lowest BCUT2D eigenvalue weighted by molar-refractivity contribution is -0.125. The lowest BCUT2D eigenvalue weighted by atomic mass is 10.1. The van der Waals surface area contributed by atoms with Crippen LogP contribution in [0.3, 0.4) is 0 Å². The monoisotopic (exact) mass is 527 g/mol. The van der Waals surface area contributed by atoms with Gasteiger partial charge in [-0.15, -0.1) is 0 Å². The molecule has 9 nitrogen and oxygen atoms in total. The highest BCUT2D eigenvalue weighted by atomic mass is 16.5. The van der Waals surface area contributed by atoms with Gasteiger partial charge in [0.15, 0.2) is 0 Å². The van der Waals surface area contributed by atoms with Gasteiger partial charge < -0.3 is 25.6 Å². The maximum atomic E-state index is 13.2. The van der Waals surface area contributed by atoms with Crippen LogP contribution in [-0.2, 0) is 22.6 Å². The van der Waals surface area contributed by atoms with E-state index in [1.807, 2.05) is 6.07 Å². The van der Waals surface area contributed by atoms with E-state index in [0.717, 1.165) is 88.7 Å². The lowest BCUT2D eigenvalue weighted by Crippen LogP contribution is -2.44. The Kier molecular flexibility index (Phi) is 7.99. The summed E-state index contributed by atoms with van der Waals surface area (Å²) in [6.07, 6.45) is 4.62. The number of benzene rings is 2. The molecule has 7 rings (SSSR count). The first-order valence-corrected chi connectivity index (χ1v) is 14.1. The molecule has 9 heteroatoms. The predicted octanol–water partition coefficient (Wildman–Crippen LogP) is 3.30. The highest BCUT2D eigenvalue weighted by Gasteiger charge is 2.31. The SMILES string of the molecule is O=C1NCCCNCc2ccc(cc2)-c2ccnc(n2)Nc2ccc(N3CCOCC3)c(c2)CN2CCC[C@@H]12. The van der Waals surface area contributed by atoms with E-state index >= 15 is 0 Å². The van der Waals surface area contributed by atoms with Crippen LogP contribution in [0.2, 0.25) is 0 Å². The molecule has 0 saturated carbocycles. The van der Waals surface area contributed by atoms with Crippen LogP contribution in [0.5, 0.6) is 0 Å². The number of morpholine rings is 1. The molecule has 6 bridgehead atoms. The van der Waals surface area contributed by atoms with Gasteiger partial charge in [0.25, 0.3) is 0 Å². The van der Waals surface area contributed by atoms with Crippen LogP contribution in [0.1, 0.15) is 30.4 Å². The minimum atomic E-state index is -0.0977. The molecule has 0 radical (unpaired) electrons. The Bertz CT molecular complexity index is 1280. The number of anilines is 3. The number of carbonyl (C=O) groups is 1. The molecular formula is C30H37N7O2. The van der Waals surface area contributed by atoms with Crippen LogP contribution >= 0.6 is 0 Å². The summed E-state index contributed by atoms with van der Waals surface area (Å²) in [5.41, 5.74) is 6.49. The van der Waals surface area contributed by atoms with Crippen LogP contribution in [0, 0.1) is 0 Å². The molecule has 4 aliphatic heterocycles. The fourth-order valence-corrected chi connectivity index (χ4v) is 5.71. The van der Waals surface area contributed by atoms with Gasteiger partial charge in [-0.1, -0.05) is 24.3 Å². The Morgan fingerprint density at radius 2 is 1.82 bits per heavy atom. The molecule has 1 amide bonds. The van der Waals surface area contributed by atoms with Gasteiger partial charge in [0.1, 0.15) is 0 Å². The Morgan fingerprint density at radius 3 is 2.69 bits per heavy atom. The molecule has 39 heavy (non-hydrogen) atoms. The quantitative estimate of drug-likeness (QED) is 0.444. The first kappa shape index (κ1) is 25.7. The van der Waals surface area contributed by atoms with Crippen molar-refractivity contribution in [3.63, 3.8) is 0 Å². The third kappa shape index (κ3) is 6.21. The number of carbonyl (C=O) groups excluding carboxylic acids is 1. The number of hydrogen-bond acceptors (Lipinski definition) is 8. The molecule has 0 aliphatic carbocycles. The van der Waals surface area contributed by atoms with Gasteiger partial charge >= 0.3 is 0 Å². The number of fused-ring (bicyclic) bond motifs is 8. The van der Waals surface area contributed by atoms with E-state index in [-0.39, 0.29) is 11.9 Å². The highest BCUT2D eigenvalue weighted by Crippen LogP contribution is 2.30. The standard InChI is InChI=1S/C30H37N7O2/c38-29-28-3-1-14-37(28)21-24-19-25(8-9-27(24)36-15-17-39-18-16-36)34-30-33-13-10-26(35-30)23-6-4-22(5-7-23)20-31-11-2-12-32-29/h4-10,13,19,28,31H,1-3,11-12,14-18,20-21H2,(H,32,38)(H,33,34,35)/t28-/m0/s1. The second-order valence-electron chi connectivity index (χ2n) is 10.5. The third-order valence-corrected chi connectivity index (χ3v) is 7.79. The predicted molar refractivity (Wildman–Crippen MR) is 153 cm³/mol. The Morgan fingerprint density at radius 1 is 0.949 bits per heavy atom. The second-order valence-corrected chi connectivity index (χ2v) is 10.5. The molecular weight excluding hydrogens is 490 g/mol. The molecule has 2 saturated heterocycles. The number of amides is 1. The zero-order valence-electron chi connectivity index (χ0n) is 22.4. The molecule has 0 unspecified atom stereocenters. The summed E-state index contributed by atoms with van der Waals surface area (Å²) in [5, 5.41) is 10.1. The molecule has 1 atom stereocenters. The summed E-state index contributed by atoms with van der Waals surface area (Å²) < 4.78 is 5.61. The Balaban J connectivity index is 1.33. The summed E-state index contributed by atoms with van der Waals surface area (Å²) in [5.74, 6) is 0.703. The van der Waals surface area contributed by atoms with E-state index in [0.29, 0.717) is 12.5 Å². The van der Waals surface area contributed by atoms with E-state index in [9.17, 15) is 4.79 Å². The summed E-state index contributed by atoms with van der Waals surface area (Å²) in [7, 11) is 0. The zero-order valence-corrected chi connectivity index (χ0v) is 22.4. The van der Waals surface area contributed by atoms with E-state index in [1.165, 1.54) is 16.8 Å². The first-order chi connectivity index (χ1) is 19.2. The summed E-state index contributed by atoms with van der Waals surface area (Å²) in [6.45, 7) is 7.15. The van der Waals surface area contributed by atoms with Gasteiger partial charge in [0.05, 0.1) is 24.9 Å². The van der Waals surface area contributed by atoms with Crippen molar-refractivity contribution < 1.29 is 9.53 Å². The number of nitrogens with zero attached hydrogens (tertiary/aromatic N) is 4. The molecule has 5 heterocycles. The van der Waals surface area contributed by atoms with Crippen molar-refractivity contribution >= 4 is 23.2 Å². The normalized spacial score (nSPS) is 21.0. The number of ether oxygens (including phenoxy) is 1. The van der Waals surface area contributed by atoms with Crippen LogP contribution in [0.15, 0.2) is 54.7 Å². The number of nitrogens with one attached hydrogen (secondary N) is 3. The number of hydrogen-bond donors (Lipinski definition) is 3. The van der Waals surface area contributed by atoms with Crippen molar-refractivity contribution in [2.24, 2.45) is 0 Å². The van der Waals surface area contributed by atoms with Gasteiger partial charge in [0.2, 0.25) is 11.9 Å². The van der Waals surface area contributed by atoms with E-state index in [1.54, 1.807) is 6.20 Å². The van der Waals surface area contributed by atoms with Crippen LogP contribution in [-0.4, -0.2) is 72.8 Å². The van der Waals surface area contributed by atoms with Gasteiger partial charge in [-0.3, -0.25) is 9.69 Å². The molecule has 3 aromatic rings. The fourth-order valence-electron chi connectivity index (χ4n) is 5.71. The van der Waals surface area contributed by atoms with Gasteiger partial charge in [0, 0.05) is 55.9 Å². The molecule has 2 fully saturated rings. The van der Waals surface area contributed by atoms with Crippen LogP contribution in [0.25, 0.3) is 11.3 Å². The topological polar surface area (TPSA) is 94.6 Å². The minimum absolute atomic E-state index is 0.0977. The summed E-state index contributed by atoms with van der Waals surface area (Å²) in [6, 6.07) is 16.8.